The Hall–Kier alpha value is -0.0900. The Morgan fingerprint density at radius 2 is 1.77 bits per heavy atom. The standard InChI is InChI=1S/C9H19NO2S/c1-3-8-4-6-9(7-5-8)10-13(2,11)12/h8-10H,3-7H2,1-2H3/t8-,9-. The first-order chi connectivity index (χ1) is 6.01. The van der Waals surface area contributed by atoms with Crippen molar-refractivity contribution in [3.8, 4) is 0 Å². The topological polar surface area (TPSA) is 46.2 Å². The highest BCUT2D eigenvalue weighted by molar-refractivity contribution is 7.88. The SMILES string of the molecule is CC[C@H]1CC[C@H](NS(C)(=O)=O)CC1. The zero-order valence-corrected chi connectivity index (χ0v) is 9.23. The van der Waals surface area contributed by atoms with Gasteiger partial charge in [-0.25, -0.2) is 13.1 Å². The lowest BCUT2D eigenvalue weighted by Crippen LogP contribution is -2.36. The molecule has 1 aliphatic rings. The first kappa shape index (κ1) is 11.0. The van der Waals surface area contributed by atoms with Gasteiger partial charge >= 0.3 is 0 Å². The second kappa shape index (κ2) is 4.42. The first-order valence-electron chi connectivity index (χ1n) is 4.98. The number of nitrogens with one attached hydrogen (secondary N) is 1. The van der Waals surface area contributed by atoms with Gasteiger partial charge in [-0.15, -0.1) is 0 Å². The molecule has 0 aliphatic heterocycles. The van der Waals surface area contributed by atoms with E-state index in [-0.39, 0.29) is 6.04 Å². The Labute approximate surface area is 81.0 Å². The molecule has 0 radical (unpaired) electrons. The average molecular weight is 205 g/mol. The van der Waals surface area contributed by atoms with Gasteiger partial charge < -0.3 is 0 Å². The van der Waals surface area contributed by atoms with Gasteiger partial charge in [0, 0.05) is 6.04 Å². The van der Waals surface area contributed by atoms with E-state index < -0.39 is 10.0 Å². The van der Waals surface area contributed by atoms with E-state index in [2.05, 4.69) is 11.6 Å². The van der Waals surface area contributed by atoms with E-state index in [9.17, 15) is 8.42 Å². The van der Waals surface area contributed by atoms with Crippen molar-refractivity contribution in [2.45, 2.75) is 45.1 Å². The summed E-state index contributed by atoms with van der Waals surface area (Å²) in [6.07, 6.45) is 6.81. The van der Waals surface area contributed by atoms with Crippen LogP contribution in [0.5, 0.6) is 0 Å². The normalized spacial score (nSPS) is 30.3. The molecule has 1 saturated carbocycles. The van der Waals surface area contributed by atoms with Crippen molar-refractivity contribution >= 4 is 10.0 Å². The van der Waals surface area contributed by atoms with Crippen LogP contribution in [0.15, 0.2) is 0 Å². The monoisotopic (exact) mass is 205 g/mol. The van der Waals surface area contributed by atoms with Crippen molar-refractivity contribution in [1.82, 2.24) is 4.72 Å². The molecule has 1 N–H and O–H groups in total. The lowest BCUT2D eigenvalue weighted by Gasteiger charge is -2.27. The molecular weight excluding hydrogens is 186 g/mol. The van der Waals surface area contributed by atoms with Gasteiger partial charge in [0.1, 0.15) is 0 Å². The minimum atomic E-state index is -3.00. The van der Waals surface area contributed by atoms with Crippen LogP contribution in [-0.4, -0.2) is 20.7 Å². The van der Waals surface area contributed by atoms with E-state index in [1.807, 2.05) is 0 Å². The molecule has 78 valence electrons. The van der Waals surface area contributed by atoms with Crippen LogP contribution in [-0.2, 0) is 10.0 Å². The molecule has 1 fully saturated rings. The van der Waals surface area contributed by atoms with Crippen LogP contribution in [0, 0.1) is 5.92 Å². The molecule has 3 nitrogen and oxygen atoms in total. The molecule has 0 unspecified atom stereocenters. The summed E-state index contributed by atoms with van der Waals surface area (Å²) in [4.78, 5) is 0. The molecule has 0 aromatic heterocycles. The summed E-state index contributed by atoms with van der Waals surface area (Å²) < 4.78 is 24.6. The third kappa shape index (κ3) is 4.09. The second-order valence-corrected chi connectivity index (χ2v) is 5.80. The maximum atomic E-state index is 10.9. The van der Waals surface area contributed by atoms with Gasteiger partial charge in [0.25, 0.3) is 0 Å². The summed E-state index contributed by atoms with van der Waals surface area (Å²) in [6, 6.07) is 0.192. The van der Waals surface area contributed by atoms with Gasteiger partial charge in [0.05, 0.1) is 6.26 Å². The average Bonchev–Trinajstić information content (AvgIpc) is 2.03. The summed E-state index contributed by atoms with van der Waals surface area (Å²) in [5.74, 6) is 0.817. The van der Waals surface area contributed by atoms with Crippen molar-refractivity contribution in [2.24, 2.45) is 5.92 Å². The number of hydrogen-bond acceptors (Lipinski definition) is 2. The van der Waals surface area contributed by atoms with Gasteiger partial charge in [-0.3, -0.25) is 0 Å². The highest BCUT2D eigenvalue weighted by Crippen LogP contribution is 2.26. The third-order valence-corrected chi connectivity index (χ3v) is 3.57. The fourth-order valence-corrected chi connectivity index (χ4v) is 2.83. The minimum Gasteiger partial charge on any atom is -0.213 e. The third-order valence-electron chi connectivity index (χ3n) is 2.80. The Morgan fingerprint density at radius 3 is 2.15 bits per heavy atom. The minimum absolute atomic E-state index is 0.192. The fraction of sp³-hybridized carbons (Fsp3) is 1.00. The van der Waals surface area contributed by atoms with Gasteiger partial charge in [0.15, 0.2) is 0 Å². The van der Waals surface area contributed by atoms with Crippen LogP contribution >= 0.6 is 0 Å². The summed E-state index contributed by atoms with van der Waals surface area (Å²) in [7, 11) is -3.00. The number of rotatable bonds is 3. The Bertz CT molecular complexity index is 240. The molecule has 4 heteroatoms. The summed E-state index contributed by atoms with van der Waals surface area (Å²) in [5.41, 5.74) is 0. The lowest BCUT2D eigenvalue weighted by atomic mass is 9.85. The maximum Gasteiger partial charge on any atom is 0.208 e. The molecule has 13 heavy (non-hydrogen) atoms. The smallest absolute Gasteiger partial charge is 0.208 e. The van der Waals surface area contributed by atoms with E-state index in [1.165, 1.54) is 25.5 Å². The predicted octanol–water partition coefficient (Wildman–Crippen LogP) is 1.50. The molecule has 1 rings (SSSR count). The van der Waals surface area contributed by atoms with Crippen LogP contribution in [0.25, 0.3) is 0 Å². The highest BCUT2D eigenvalue weighted by atomic mass is 32.2. The van der Waals surface area contributed by atoms with Crippen molar-refractivity contribution in [3.05, 3.63) is 0 Å². The van der Waals surface area contributed by atoms with Gasteiger partial charge in [-0.1, -0.05) is 13.3 Å². The molecule has 0 heterocycles. The summed E-state index contributed by atoms with van der Waals surface area (Å²) in [6.45, 7) is 2.20. The molecule has 0 atom stereocenters. The molecule has 0 amide bonds. The van der Waals surface area contributed by atoms with Crippen LogP contribution in [0.4, 0.5) is 0 Å². The quantitative estimate of drug-likeness (QED) is 0.759. The Balaban J connectivity index is 2.33. The van der Waals surface area contributed by atoms with E-state index in [1.54, 1.807) is 0 Å². The maximum absolute atomic E-state index is 10.9. The van der Waals surface area contributed by atoms with Crippen LogP contribution < -0.4 is 4.72 Å². The van der Waals surface area contributed by atoms with Crippen LogP contribution in [0.1, 0.15) is 39.0 Å². The summed E-state index contributed by atoms with van der Waals surface area (Å²) in [5, 5.41) is 0. The summed E-state index contributed by atoms with van der Waals surface area (Å²) >= 11 is 0. The van der Waals surface area contributed by atoms with Crippen molar-refractivity contribution in [1.29, 1.82) is 0 Å². The zero-order valence-electron chi connectivity index (χ0n) is 8.41. The van der Waals surface area contributed by atoms with E-state index in [0.29, 0.717) is 0 Å². The van der Waals surface area contributed by atoms with E-state index in [4.69, 9.17) is 0 Å². The molecule has 1 aliphatic carbocycles. The fourth-order valence-electron chi connectivity index (χ4n) is 1.99. The largest absolute Gasteiger partial charge is 0.213 e. The van der Waals surface area contributed by atoms with E-state index >= 15 is 0 Å². The Morgan fingerprint density at radius 1 is 1.23 bits per heavy atom. The lowest BCUT2D eigenvalue weighted by molar-refractivity contribution is 0.306. The first-order valence-corrected chi connectivity index (χ1v) is 6.87. The highest BCUT2D eigenvalue weighted by Gasteiger charge is 2.21. The van der Waals surface area contributed by atoms with Crippen molar-refractivity contribution in [2.75, 3.05) is 6.26 Å². The van der Waals surface area contributed by atoms with Crippen molar-refractivity contribution in [3.63, 3.8) is 0 Å². The van der Waals surface area contributed by atoms with Crippen LogP contribution in [0.3, 0.4) is 0 Å². The molecule has 0 saturated heterocycles. The zero-order chi connectivity index (χ0) is 9.90. The van der Waals surface area contributed by atoms with Gasteiger partial charge in [-0.05, 0) is 31.6 Å². The second-order valence-electron chi connectivity index (χ2n) is 4.02. The molecule has 0 aromatic rings. The van der Waals surface area contributed by atoms with Gasteiger partial charge in [0.2, 0.25) is 10.0 Å². The van der Waals surface area contributed by atoms with Crippen molar-refractivity contribution < 1.29 is 8.42 Å². The Kier molecular flexibility index (Phi) is 3.74. The molecular formula is C9H19NO2S. The molecule has 0 aromatic carbocycles. The predicted molar refractivity (Wildman–Crippen MR) is 54.0 cm³/mol. The number of hydrogen-bond donors (Lipinski definition) is 1. The van der Waals surface area contributed by atoms with Crippen LogP contribution in [0.2, 0.25) is 0 Å². The van der Waals surface area contributed by atoms with Gasteiger partial charge in [-0.2, -0.15) is 0 Å². The number of sulfonamides is 1. The molecule has 0 spiro atoms. The van der Waals surface area contributed by atoms with E-state index in [0.717, 1.165) is 18.8 Å². The molecule has 0 bridgehead atoms.